The quantitative estimate of drug-likeness (QED) is 0.791. The standard InChI is InChI=1S/C17H23NO2S/c1-4-10-20-15-9-7-6-8-14(15)17(18-5-2)16-11-13(19-3)12-21-16/h6-9,11-12,17-18H,4-5,10H2,1-3H3. The zero-order valence-electron chi connectivity index (χ0n) is 12.9. The van der Waals surface area contributed by atoms with Gasteiger partial charge in [-0.1, -0.05) is 32.0 Å². The Bertz CT molecular complexity index is 553. The first-order valence-electron chi connectivity index (χ1n) is 7.37. The van der Waals surface area contributed by atoms with Crippen LogP contribution in [0.5, 0.6) is 11.5 Å². The highest BCUT2D eigenvalue weighted by atomic mass is 32.1. The lowest BCUT2D eigenvalue weighted by Gasteiger charge is -2.20. The minimum atomic E-state index is 0.136. The van der Waals surface area contributed by atoms with Crippen molar-refractivity contribution in [2.75, 3.05) is 20.3 Å². The van der Waals surface area contributed by atoms with Crippen molar-refractivity contribution in [1.29, 1.82) is 0 Å². The lowest BCUT2D eigenvalue weighted by atomic mass is 10.0. The molecule has 0 aliphatic rings. The first-order valence-corrected chi connectivity index (χ1v) is 8.25. The van der Waals surface area contributed by atoms with Gasteiger partial charge in [-0.2, -0.15) is 0 Å². The van der Waals surface area contributed by atoms with Gasteiger partial charge in [0.1, 0.15) is 11.5 Å². The molecule has 0 amide bonds. The summed E-state index contributed by atoms with van der Waals surface area (Å²) in [6.45, 7) is 5.87. The monoisotopic (exact) mass is 305 g/mol. The number of hydrogen-bond acceptors (Lipinski definition) is 4. The molecule has 2 aromatic rings. The van der Waals surface area contributed by atoms with Crippen LogP contribution in [0, 0.1) is 0 Å². The largest absolute Gasteiger partial charge is 0.496 e. The molecule has 1 aromatic carbocycles. The summed E-state index contributed by atoms with van der Waals surface area (Å²) in [5.41, 5.74) is 1.18. The van der Waals surface area contributed by atoms with Crippen LogP contribution in [0.1, 0.15) is 36.8 Å². The summed E-state index contributed by atoms with van der Waals surface area (Å²) in [4.78, 5) is 1.24. The molecular formula is C17H23NO2S. The fourth-order valence-electron chi connectivity index (χ4n) is 2.22. The van der Waals surface area contributed by atoms with Gasteiger partial charge in [0.25, 0.3) is 0 Å². The number of methoxy groups -OCH3 is 1. The second-order valence-electron chi connectivity index (χ2n) is 4.77. The molecule has 0 radical (unpaired) electrons. The summed E-state index contributed by atoms with van der Waals surface area (Å²) in [5, 5.41) is 5.58. The van der Waals surface area contributed by atoms with Crippen LogP contribution in [-0.2, 0) is 0 Å². The van der Waals surface area contributed by atoms with Crippen LogP contribution in [0.4, 0.5) is 0 Å². The highest BCUT2D eigenvalue weighted by Crippen LogP contribution is 2.35. The molecule has 3 nitrogen and oxygen atoms in total. The van der Waals surface area contributed by atoms with Gasteiger partial charge in [0.05, 0.1) is 19.8 Å². The van der Waals surface area contributed by atoms with Crippen molar-refractivity contribution in [2.45, 2.75) is 26.3 Å². The molecule has 0 spiro atoms. The fraction of sp³-hybridized carbons (Fsp3) is 0.412. The van der Waals surface area contributed by atoms with E-state index in [4.69, 9.17) is 9.47 Å². The van der Waals surface area contributed by atoms with Crippen molar-refractivity contribution in [3.63, 3.8) is 0 Å². The molecule has 1 atom stereocenters. The summed E-state index contributed by atoms with van der Waals surface area (Å²) in [5.74, 6) is 1.86. The van der Waals surface area contributed by atoms with E-state index in [1.54, 1.807) is 18.4 Å². The van der Waals surface area contributed by atoms with Crippen LogP contribution in [0.2, 0.25) is 0 Å². The van der Waals surface area contributed by atoms with E-state index in [1.807, 2.05) is 17.5 Å². The molecule has 114 valence electrons. The Morgan fingerprint density at radius 3 is 2.71 bits per heavy atom. The molecule has 0 aliphatic heterocycles. The zero-order chi connectivity index (χ0) is 15.1. The van der Waals surface area contributed by atoms with Crippen molar-refractivity contribution in [1.82, 2.24) is 5.32 Å². The van der Waals surface area contributed by atoms with Gasteiger partial charge in [0.15, 0.2) is 0 Å². The lowest BCUT2D eigenvalue weighted by molar-refractivity contribution is 0.312. The Balaban J connectivity index is 2.33. The van der Waals surface area contributed by atoms with Gasteiger partial charge in [0, 0.05) is 15.8 Å². The molecule has 1 unspecified atom stereocenters. The van der Waals surface area contributed by atoms with Gasteiger partial charge in [-0.15, -0.1) is 11.3 Å². The van der Waals surface area contributed by atoms with Crippen molar-refractivity contribution in [3.05, 3.63) is 46.2 Å². The number of thiophene rings is 1. The third-order valence-electron chi connectivity index (χ3n) is 3.22. The van der Waals surface area contributed by atoms with Gasteiger partial charge in [-0.05, 0) is 25.1 Å². The molecule has 1 N–H and O–H groups in total. The Morgan fingerprint density at radius 1 is 1.24 bits per heavy atom. The molecule has 0 saturated heterocycles. The summed E-state index contributed by atoms with van der Waals surface area (Å²) < 4.78 is 11.2. The summed E-state index contributed by atoms with van der Waals surface area (Å²) in [7, 11) is 1.70. The van der Waals surface area contributed by atoms with Crippen LogP contribution < -0.4 is 14.8 Å². The minimum Gasteiger partial charge on any atom is -0.496 e. The highest BCUT2D eigenvalue weighted by molar-refractivity contribution is 7.10. The third kappa shape index (κ3) is 3.99. The Labute approximate surface area is 130 Å². The molecule has 4 heteroatoms. The van der Waals surface area contributed by atoms with Crippen LogP contribution in [-0.4, -0.2) is 20.3 Å². The summed E-state index contributed by atoms with van der Waals surface area (Å²) in [6.07, 6.45) is 1.01. The summed E-state index contributed by atoms with van der Waals surface area (Å²) >= 11 is 1.71. The maximum atomic E-state index is 5.90. The lowest BCUT2D eigenvalue weighted by Crippen LogP contribution is -2.21. The van der Waals surface area contributed by atoms with Crippen molar-refractivity contribution >= 4 is 11.3 Å². The van der Waals surface area contributed by atoms with Crippen molar-refractivity contribution < 1.29 is 9.47 Å². The van der Waals surface area contributed by atoms with Crippen molar-refractivity contribution in [3.8, 4) is 11.5 Å². The van der Waals surface area contributed by atoms with Gasteiger partial charge < -0.3 is 14.8 Å². The molecular weight excluding hydrogens is 282 g/mol. The van der Waals surface area contributed by atoms with Gasteiger partial charge >= 0.3 is 0 Å². The van der Waals surface area contributed by atoms with Crippen LogP contribution in [0.25, 0.3) is 0 Å². The molecule has 21 heavy (non-hydrogen) atoms. The second kappa shape index (κ2) is 8.05. The average molecular weight is 305 g/mol. The van der Waals surface area contributed by atoms with E-state index in [0.29, 0.717) is 0 Å². The van der Waals surface area contributed by atoms with E-state index in [1.165, 1.54) is 10.4 Å². The average Bonchev–Trinajstić information content (AvgIpc) is 3.00. The van der Waals surface area contributed by atoms with Crippen molar-refractivity contribution in [2.24, 2.45) is 0 Å². The smallest absolute Gasteiger partial charge is 0.129 e. The number of para-hydroxylation sites is 1. The molecule has 0 fully saturated rings. The third-order valence-corrected chi connectivity index (χ3v) is 4.19. The van der Waals surface area contributed by atoms with E-state index in [0.717, 1.165) is 31.1 Å². The van der Waals surface area contributed by atoms with E-state index in [9.17, 15) is 0 Å². The Hall–Kier alpha value is -1.52. The van der Waals surface area contributed by atoms with Gasteiger partial charge in [-0.25, -0.2) is 0 Å². The maximum Gasteiger partial charge on any atom is 0.129 e. The van der Waals surface area contributed by atoms with Crippen LogP contribution in [0.3, 0.4) is 0 Å². The van der Waals surface area contributed by atoms with Gasteiger partial charge in [0.2, 0.25) is 0 Å². The Morgan fingerprint density at radius 2 is 2.05 bits per heavy atom. The van der Waals surface area contributed by atoms with E-state index < -0.39 is 0 Å². The molecule has 1 heterocycles. The topological polar surface area (TPSA) is 30.5 Å². The molecule has 0 saturated carbocycles. The SMILES string of the molecule is CCCOc1ccccc1C(NCC)c1cc(OC)cs1. The van der Waals surface area contributed by atoms with E-state index in [-0.39, 0.29) is 6.04 Å². The zero-order valence-corrected chi connectivity index (χ0v) is 13.7. The number of nitrogens with one attached hydrogen (secondary N) is 1. The molecule has 0 bridgehead atoms. The fourth-order valence-corrected chi connectivity index (χ4v) is 3.17. The van der Waals surface area contributed by atoms with Crippen LogP contribution in [0.15, 0.2) is 35.7 Å². The maximum absolute atomic E-state index is 5.90. The van der Waals surface area contributed by atoms with E-state index >= 15 is 0 Å². The Kier molecular flexibility index (Phi) is 6.08. The number of ether oxygens (including phenoxy) is 2. The number of benzene rings is 1. The predicted octanol–water partition coefficient (Wildman–Crippen LogP) is 4.24. The normalized spacial score (nSPS) is 12.1. The molecule has 2 rings (SSSR count). The summed E-state index contributed by atoms with van der Waals surface area (Å²) in [6, 6.07) is 10.5. The second-order valence-corrected chi connectivity index (χ2v) is 5.71. The minimum absolute atomic E-state index is 0.136. The first-order chi connectivity index (χ1) is 10.3. The van der Waals surface area contributed by atoms with Crippen LogP contribution >= 0.6 is 11.3 Å². The highest BCUT2D eigenvalue weighted by Gasteiger charge is 2.19. The molecule has 0 aliphatic carbocycles. The molecule has 1 aromatic heterocycles. The number of hydrogen-bond donors (Lipinski definition) is 1. The number of rotatable bonds is 8. The van der Waals surface area contributed by atoms with Gasteiger partial charge in [-0.3, -0.25) is 0 Å². The predicted molar refractivity (Wildman–Crippen MR) is 88.6 cm³/mol. The first kappa shape index (κ1) is 15.9. The van der Waals surface area contributed by atoms with E-state index in [2.05, 4.69) is 37.4 Å².